The van der Waals surface area contributed by atoms with Gasteiger partial charge < -0.3 is 5.73 Å². The molecule has 1 aromatic heterocycles. The minimum Gasteiger partial charge on any atom is -0.366 e. The van der Waals surface area contributed by atoms with Gasteiger partial charge in [0.15, 0.2) is 0 Å². The topological polar surface area (TPSA) is 79.8 Å². The van der Waals surface area contributed by atoms with Crippen LogP contribution < -0.4 is 5.73 Å². The molecule has 0 spiro atoms. The predicted octanol–water partition coefficient (Wildman–Crippen LogP) is 1.64. The fraction of sp³-hybridized carbons (Fsp3) is 0.125. The summed E-state index contributed by atoms with van der Waals surface area (Å²) in [5.74, 6) is -1.13. The molecule has 1 aromatic rings. The van der Waals surface area contributed by atoms with Crippen molar-refractivity contribution in [2.45, 2.75) is 6.43 Å². The molecule has 0 aliphatic rings. The molecule has 0 saturated carbocycles. The minimum atomic E-state index is -3.01. The number of halogens is 3. The van der Waals surface area contributed by atoms with Crippen LogP contribution in [0.5, 0.6) is 0 Å². The maximum absolute atomic E-state index is 12.5. The van der Waals surface area contributed by atoms with Crippen molar-refractivity contribution in [3.05, 3.63) is 28.0 Å². The number of nitrogens with two attached hydrogens (primary N) is 1. The first-order valence-corrected chi connectivity index (χ1v) is 4.03. The van der Waals surface area contributed by atoms with Gasteiger partial charge in [-0.3, -0.25) is 4.79 Å². The highest BCUT2D eigenvalue weighted by molar-refractivity contribution is 6.30. The third-order valence-corrected chi connectivity index (χ3v) is 1.95. The number of alkyl halides is 2. The second kappa shape index (κ2) is 4.19. The van der Waals surface area contributed by atoms with Crippen LogP contribution in [-0.4, -0.2) is 10.9 Å². The summed E-state index contributed by atoms with van der Waals surface area (Å²) >= 11 is 5.39. The van der Waals surface area contributed by atoms with E-state index < -0.39 is 28.6 Å². The number of nitrogens with zero attached hydrogens (tertiary/aromatic N) is 2. The molecule has 15 heavy (non-hydrogen) atoms. The van der Waals surface area contributed by atoms with Crippen molar-refractivity contribution in [2.24, 2.45) is 5.73 Å². The number of pyridine rings is 1. The van der Waals surface area contributed by atoms with Gasteiger partial charge in [-0.2, -0.15) is 5.26 Å². The molecule has 4 nitrogen and oxygen atoms in total. The quantitative estimate of drug-likeness (QED) is 0.786. The summed E-state index contributed by atoms with van der Waals surface area (Å²) in [5, 5.41) is 8.05. The van der Waals surface area contributed by atoms with E-state index in [-0.39, 0.29) is 5.56 Å². The molecule has 1 heterocycles. The second-order valence-electron chi connectivity index (χ2n) is 2.53. The van der Waals surface area contributed by atoms with Crippen molar-refractivity contribution in [1.82, 2.24) is 4.98 Å². The van der Waals surface area contributed by atoms with E-state index in [0.717, 1.165) is 6.20 Å². The zero-order valence-corrected chi connectivity index (χ0v) is 7.92. The largest absolute Gasteiger partial charge is 0.366 e. The first kappa shape index (κ1) is 11.3. The molecule has 2 N–H and O–H groups in total. The SMILES string of the molecule is N#Cc1cnc(Cl)c(C(F)F)c1C(N)=O. The molecule has 1 amide bonds. The van der Waals surface area contributed by atoms with Gasteiger partial charge in [0.2, 0.25) is 0 Å². The van der Waals surface area contributed by atoms with Crippen molar-refractivity contribution in [1.29, 1.82) is 5.26 Å². The molecule has 0 aliphatic heterocycles. The molecule has 0 bridgehead atoms. The molecule has 0 radical (unpaired) electrons. The molecule has 0 atom stereocenters. The molecule has 0 aliphatic carbocycles. The van der Waals surface area contributed by atoms with Crippen molar-refractivity contribution >= 4 is 17.5 Å². The van der Waals surface area contributed by atoms with Crippen LogP contribution in [-0.2, 0) is 0 Å². The summed E-state index contributed by atoms with van der Waals surface area (Å²) in [6.45, 7) is 0. The van der Waals surface area contributed by atoms with Gasteiger partial charge in [-0.15, -0.1) is 0 Å². The molecule has 0 fully saturated rings. The van der Waals surface area contributed by atoms with Crippen LogP contribution in [0.25, 0.3) is 0 Å². The van der Waals surface area contributed by atoms with Crippen LogP contribution in [0.2, 0.25) is 5.15 Å². The average Bonchev–Trinajstić information content (AvgIpc) is 2.16. The van der Waals surface area contributed by atoms with E-state index in [1.165, 1.54) is 0 Å². The lowest BCUT2D eigenvalue weighted by Crippen LogP contribution is -2.17. The highest BCUT2D eigenvalue weighted by atomic mass is 35.5. The van der Waals surface area contributed by atoms with Crippen LogP contribution in [0.15, 0.2) is 6.20 Å². The van der Waals surface area contributed by atoms with Crippen molar-refractivity contribution in [3.8, 4) is 6.07 Å². The van der Waals surface area contributed by atoms with Gasteiger partial charge in [-0.1, -0.05) is 11.6 Å². The number of carbonyl (C=O) groups excluding carboxylic acids is 1. The van der Waals surface area contributed by atoms with Crippen LogP contribution in [0, 0.1) is 11.3 Å². The summed E-state index contributed by atoms with van der Waals surface area (Å²) < 4.78 is 25.0. The maximum atomic E-state index is 12.5. The number of hydrogen-bond donors (Lipinski definition) is 1. The van der Waals surface area contributed by atoms with Gasteiger partial charge in [-0.25, -0.2) is 13.8 Å². The van der Waals surface area contributed by atoms with Gasteiger partial charge in [0.1, 0.15) is 11.2 Å². The molecular weight excluding hydrogens is 228 g/mol. The van der Waals surface area contributed by atoms with E-state index in [1.807, 2.05) is 0 Å². The number of nitriles is 1. The summed E-state index contributed by atoms with van der Waals surface area (Å²) in [6, 6.07) is 1.54. The summed E-state index contributed by atoms with van der Waals surface area (Å²) in [5.41, 5.74) is 3.19. The van der Waals surface area contributed by atoms with Crippen LogP contribution in [0.4, 0.5) is 8.78 Å². The van der Waals surface area contributed by atoms with Crippen molar-refractivity contribution in [3.63, 3.8) is 0 Å². The van der Waals surface area contributed by atoms with Gasteiger partial charge in [0.25, 0.3) is 12.3 Å². The third kappa shape index (κ3) is 2.02. The van der Waals surface area contributed by atoms with Gasteiger partial charge in [-0.05, 0) is 0 Å². The minimum absolute atomic E-state index is 0.317. The Kier molecular flexibility index (Phi) is 3.17. The molecule has 0 unspecified atom stereocenters. The smallest absolute Gasteiger partial charge is 0.267 e. The first-order valence-electron chi connectivity index (χ1n) is 3.65. The van der Waals surface area contributed by atoms with Crippen LogP contribution >= 0.6 is 11.6 Å². The van der Waals surface area contributed by atoms with E-state index in [0.29, 0.717) is 0 Å². The Morgan fingerprint density at radius 2 is 2.27 bits per heavy atom. The van der Waals surface area contributed by atoms with Gasteiger partial charge in [0.05, 0.1) is 16.7 Å². The second-order valence-corrected chi connectivity index (χ2v) is 2.89. The summed E-state index contributed by atoms with van der Waals surface area (Å²) in [7, 11) is 0. The van der Waals surface area contributed by atoms with Crippen LogP contribution in [0.3, 0.4) is 0 Å². The van der Waals surface area contributed by atoms with Crippen molar-refractivity contribution < 1.29 is 13.6 Å². The average molecular weight is 232 g/mol. The monoisotopic (exact) mass is 231 g/mol. The van der Waals surface area contributed by atoms with Crippen molar-refractivity contribution in [2.75, 3.05) is 0 Å². The number of carbonyl (C=O) groups is 1. The first-order chi connectivity index (χ1) is 6.99. The Morgan fingerprint density at radius 1 is 1.67 bits per heavy atom. The van der Waals surface area contributed by atoms with Gasteiger partial charge >= 0.3 is 0 Å². The Labute approximate surface area is 88.3 Å². The lowest BCUT2D eigenvalue weighted by atomic mass is 10.1. The van der Waals surface area contributed by atoms with E-state index in [9.17, 15) is 13.6 Å². The normalized spacial score (nSPS) is 10.1. The summed E-state index contributed by atoms with van der Waals surface area (Å²) in [4.78, 5) is 14.3. The Hall–Kier alpha value is -1.74. The molecule has 78 valence electrons. The predicted molar refractivity (Wildman–Crippen MR) is 47.4 cm³/mol. The zero-order valence-electron chi connectivity index (χ0n) is 7.17. The van der Waals surface area contributed by atoms with Gasteiger partial charge in [0, 0.05) is 6.20 Å². The molecular formula is C8H4ClF2N3O. The number of aromatic nitrogens is 1. The molecule has 1 rings (SSSR count). The maximum Gasteiger partial charge on any atom is 0.267 e. The number of rotatable bonds is 2. The summed E-state index contributed by atoms with van der Waals surface area (Å²) in [6.07, 6.45) is -2.09. The zero-order chi connectivity index (χ0) is 11.6. The molecule has 7 heteroatoms. The molecule has 0 saturated heterocycles. The lowest BCUT2D eigenvalue weighted by Gasteiger charge is -2.08. The van der Waals surface area contributed by atoms with E-state index in [1.54, 1.807) is 6.07 Å². The Balaban J connectivity index is 3.60. The fourth-order valence-electron chi connectivity index (χ4n) is 1.05. The number of hydrogen-bond acceptors (Lipinski definition) is 3. The van der Waals surface area contributed by atoms with E-state index >= 15 is 0 Å². The third-order valence-electron chi connectivity index (χ3n) is 1.65. The van der Waals surface area contributed by atoms with E-state index in [2.05, 4.69) is 4.98 Å². The van der Waals surface area contributed by atoms with E-state index in [4.69, 9.17) is 22.6 Å². The fourth-order valence-corrected chi connectivity index (χ4v) is 1.28. The Morgan fingerprint density at radius 3 is 2.67 bits per heavy atom. The standard InChI is InChI=1S/C8H4ClF2N3O/c9-6-5(7(10)11)4(8(13)15)3(1-12)2-14-6/h2,7H,(H2,13,15). The molecule has 0 aromatic carbocycles. The number of primary amides is 1. The number of amides is 1. The highest BCUT2D eigenvalue weighted by Gasteiger charge is 2.24. The Bertz CT molecular complexity index is 456. The lowest BCUT2D eigenvalue weighted by molar-refractivity contribution is 0.0985. The van der Waals surface area contributed by atoms with Crippen LogP contribution in [0.1, 0.15) is 27.9 Å². The highest BCUT2D eigenvalue weighted by Crippen LogP contribution is 2.30.